The number of piperidine rings is 1. The van der Waals surface area contributed by atoms with E-state index in [-0.39, 0.29) is 5.91 Å². The number of rotatable bonds is 6. The third-order valence-corrected chi connectivity index (χ3v) is 5.99. The molecule has 6 nitrogen and oxygen atoms in total. The van der Waals surface area contributed by atoms with Crippen LogP contribution < -0.4 is 5.32 Å². The van der Waals surface area contributed by atoms with E-state index in [4.69, 9.17) is 0 Å². The van der Waals surface area contributed by atoms with Crippen LogP contribution in [0.5, 0.6) is 0 Å². The molecule has 152 valence electrons. The molecule has 1 saturated heterocycles. The van der Waals surface area contributed by atoms with Gasteiger partial charge in [0.05, 0.1) is 24.0 Å². The predicted octanol–water partition coefficient (Wildman–Crippen LogP) is 4.12. The van der Waals surface area contributed by atoms with Gasteiger partial charge in [-0.15, -0.1) is 11.3 Å². The summed E-state index contributed by atoms with van der Waals surface area (Å²) in [5, 5.41) is 9.89. The number of nitrogens with zero attached hydrogens (tertiary/aromatic N) is 4. The Hall–Kier alpha value is -2.51. The van der Waals surface area contributed by atoms with Crippen molar-refractivity contribution in [3.63, 3.8) is 0 Å². The Morgan fingerprint density at radius 2 is 1.93 bits per heavy atom. The molecule has 3 aromatic rings. The molecule has 0 aliphatic carbocycles. The molecule has 4 rings (SSSR count). The molecule has 0 spiro atoms. The average molecular weight is 410 g/mol. The zero-order valence-electron chi connectivity index (χ0n) is 16.9. The summed E-state index contributed by atoms with van der Waals surface area (Å²) in [7, 11) is 0. The first kappa shape index (κ1) is 19.8. The lowest BCUT2D eigenvalue weighted by atomic mass is 9.92. The maximum Gasteiger partial charge on any atom is 0.260 e. The summed E-state index contributed by atoms with van der Waals surface area (Å²) < 4.78 is 1.77. The van der Waals surface area contributed by atoms with Gasteiger partial charge in [-0.25, -0.2) is 4.98 Å². The lowest BCUT2D eigenvalue weighted by Gasteiger charge is -2.34. The Morgan fingerprint density at radius 3 is 2.69 bits per heavy atom. The van der Waals surface area contributed by atoms with Crippen molar-refractivity contribution < 1.29 is 4.79 Å². The van der Waals surface area contributed by atoms with E-state index in [1.165, 1.54) is 17.8 Å². The van der Waals surface area contributed by atoms with E-state index in [0.717, 1.165) is 42.7 Å². The SMILES string of the molecule is CC1CC(C)CN(Cc2csc(NC(=O)c3cnn(Cc4ccccc4)c3)n2)C1. The lowest BCUT2D eigenvalue weighted by molar-refractivity contribution is 0.102. The van der Waals surface area contributed by atoms with Crippen LogP contribution in [-0.2, 0) is 13.1 Å². The third-order valence-electron chi connectivity index (χ3n) is 5.19. The summed E-state index contributed by atoms with van der Waals surface area (Å²) in [6.45, 7) is 8.34. The van der Waals surface area contributed by atoms with Crippen molar-refractivity contribution in [3.05, 3.63) is 64.9 Å². The second-order valence-corrected chi connectivity index (χ2v) is 9.01. The first-order chi connectivity index (χ1) is 14.0. The molecule has 29 heavy (non-hydrogen) atoms. The quantitative estimate of drug-likeness (QED) is 0.665. The molecule has 2 aromatic heterocycles. The van der Waals surface area contributed by atoms with Crippen LogP contribution in [0.25, 0.3) is 0 Å². The summed E-state index contributed by atoms with van der Waals surface area (Å²) in [6.07, 6.45) is 4.67. The van der Waals surface area contributed by atoms with Gasteiger partial charge in [0.15, 0.2) is 5.13 Å². The average Bonchev–Trinajstić information content (AvgIpc) is 3.31. The topological polar surface area (TPSA) is 63.1 Å². The Labute approximate surface area is 175 Å². The Morgan fingerprint density at radius 1 is 1.17 bits per heavy atom. The van der Waals surface area contributed by atoms with Crippen LogP contribution in [0.15, 0.2) is 48.1 Å². The molecule has 3 heterocycles. The van der Waals surface area contributed by atoms with Crippen LogP contribution in [0.3, 0.4) is 0 Å². The molecule has 0 saturated carbocycles. The summed E-state index contributed by atoms with van der Waals surface area (Å²) in [4.78, 5) is 19.6. The van der Waals surface area contributed by atoms with E-state index < -0.39 is 0 Å². The molecule has 1 aromatic carbocycles. The number of nitrogens with one attached hydrogen (secondary N) is 1. The lowest BCUT2D eigenvalue weighted by Crippen LogP contribution is -2.38. The van der Waals surface area contributed by atoms with Crippen molar-refractivity contribution in [3.8, 4) is 0 Å². The van der Waals surface area contributed by atoms with Crippen molar-refractivity contribution in [2.75, 3.05) is 18.4 Å². The highest BCUT2D eigenvalue weighted by atomic mass is 32.1. The summed E-state index contributed by atoms with van der Waals surface area (Å²) >= 11 is 1.48. The normalized spacial score (nSPS) is 19.9. The van der Waals surface area contributed by atoms with Gasteiger partial charge in [0, 0.05) is 31.2 Å². The van der Waals surface area contributed by atoms with E-state index >= 15 is 0 Å². The van der Waals surface area contributed by atoms with Gasteiger partial charge < -0.3 is 0 Å². The Kier molecular flexibility index (Phi) is 6.06. The molecule has 2 unspecified atom stereocenters. The van der Waals surface area contributed by atoms with Gasteiger partial charge in [-0.2, -0.15) is 5.10 Å². The van der Waals surface area contributed by atoms with E-state index in [2.05, 4.69) is 34.1 Å². The largest absolute Gasteiger partial charge is 0.298 e. The van der Waals surface area contributed by atoms with Crippen molar-refractivity contribution in [2.45, 2.75) is 33.4 Å². The number of carbonyl (C=O) groups excluding carboxylic acids is 1. The van der Waals surface area contributed by atoms with Crippen molar-refractivity contribution in [2.24, 2.45) is 11.8 Å². The fourth-order valence-electron chi connectivity index (χ4n) is 4.09. The first-order valence-corrected chi connectivity index (χ1v) is 11.0. The highest BCUT2D eigenvalue weighted by Gasteiger charge is 2.22. The number of aromatic nitrogens is 3. The molecular formula is C22H27N5OS. The van der Waals surface area contributed by atoms with Crippen LogP contribution in [0.1, 0.15) is 41.9 Å². The standard InChI is InChI=1S/C22H27N5OS/c1-16-8-17(2)11-26(10-16)14-20-15-29-22(24-20)25-21(28)19-9-23-27(13-19)12-18-6-4-3-5-7-18/h3-7,9,13,15-17H,8,10-12,14H2,1-2H3,(H,24,25,28). The second-order valence-electron chi connectivity index (χ2n) is 8.15. The van der Waals surface area contributed by atoms with Crippen LogP contribution in [0, 0.1) is 11.8 Å². The zero-order chi connectivity index (χ0) is 20.2. The molecular weight excluding hydrogens is 382 g/mol. The fraction of sp³-hybridized carbons (Fsp3) is 0.409. The Bertz CT molecular complexity index is 941. The van der Waals surface area contributed by atoms with Gasteiger partial charge in [-0.1, -0.05) is 44.2 Å². The summed E-state index contributed by atoms with van der Waals surface area (Å²) in [5.41, 5.74) is 2.70. The van der Waals surface area contributed by atoms with E-state index in [9.17, 15) is 4.79 Å². The highest BCUT2D eigenvalue weighted by molar-refractivity contribution is 7.13. The van der Waals surface area contributed by atoms with E-state index in [1.54, 1.807) is 17.1 Å². The monoisotopic (exact) mass is 409 g/mol. The summed E-state index contributed by atoms with van der Waals surface area (Å²) in [6, 6.07) is 10.1. The molecule has 1 aliphatic heterocycles. The number of hydrogen-bond acceptors (Lipinski definition) is 5. The fourth-order valence-corrected chi connectivity index (χ4v) is 4.79. The van der Waals surface area contributed by atoms with Gasteiger partial charge in [0.2, 0.25) is 0 Å². The molecule has 2 atom stereocenters. The van der Waals surface area contributed by atoms with Crippen LogP contribution >= 0.6 is 11.3 Å². The molecule has 0 radical (unpaired) electrons. The van der Waals surface area contributed by atoms with Crippen LogP contribution in [0.4, 0.5) is 5.13 Å². The maximum absolute atomic E-state index is 12.6. The maximum atomic E-state index is 12.6. The minimum absolute atomic E-state index is 0.176. The smallest absolute Gasteiger partial charge is 0.260 e. The summed E-state index contributed by atoms with van der Waals surface area (Å²) in [5.74, 6) is 1.28. The van der Waals surface area contributed by atoms with Gasteiger partial charge in [0.1, 0.15) is 0 Å². The molecule has 0 bridgehead atoms. The van der Waals surface area contributed by atoms with Gasteiger partial charge in [-0.05, 0) is 23.8 Å². The highest BCUT2D eigenvalue weighted by Crippen LogP contribution is 2.24. The number of hydrogen-bond donors (Lipinski definition) is 1. The van der Waals surface area contributed by atoms with Gasteiger partial charge in [0.25, 0.3) is 5.91 Å². The second kappa shape index (κ2) is 8.88. The van der Waals surface area contributed by atoms with E-state index in [1.807, 2.05) is 35.7 Å². The molecule has 1 fully saturated rings. The number of likely N-dealkylation sites (tertiary alicyclic amines) is 1. The first-order valence-electron chi connectivity index (χ1n) is 10.1. The zero-order valence-corrected chi connectivity index (χ0v) is 17.7. The molecule has 1 N–H and O–H groups in total. The van der Waals surface area contributed by atoms with Gasteiger partial charge >= 0.3 is 0 Å². The number of amides is 1. The van der Waals surface area contributed by atoms with Crippen molar-refractivity contribution in [1.82, 2.24) is 19.7 Å². The van der Waals surface area contributed by atoms with Crippen LogP contribution in [-0.4, -0.2) is 38.7 Å². The van der Waals surface area contributed by atoms with Crippen molar-refractivity contribution >= 4 is 22.4 Å². The molecule has 1 aliphatic rings. The third kappa shape index (κ3) is 5.31. The number of benzene rings is 1. The number of carbonyl (C=O) groups is 1. The minimum Gasteiger partial charge on any atom is -0.298 e. The van der Waals surface area contributed by atoms with Crippen LogP contribution in [0.2, 0.25) is 0 Å². The van der Waals surface area contributed by atoms with Gasteiger partial charge in [-0.3, -0.25) is 19.7 Å². The minimum atomic E-state index is -0.176. The number of anilines is 1. The molecule has 7 heteroatoms. The predicted molar refractivity (Wildman–Crippen MR) is 116 cm³/mol. The van der Waals surface area contributed by atoms with E-state index in [0.29, 0.717) is 17.2 Å². The number of thiazole rings is 1. The Balaban J connectivity index is 1.33. The van der Waals surface area contributed by atoms with Crippen molar-refractivity contribution in [1.29, 1.82) is 0 Å². The molecule has 1 amide bonds.